The molecule has 5 heteroatoms. The van der Waals surface area contributed by atoms with Crippen LogP contribution in [0.1, 0.15) is 28.3 Å². The number of amides is 1. The van der Waals surface area contributed by atoms with E-state index in [9.17, 15) is 9.18 Å². The Hall–Kier alpha value is -1.91. The number of benzene rings is 2. The first kappa shape index (κ1) is 14.0. The van der Waals surface area contributed by atoms with Gasteiger partial charge in [0, 0.05) is 16.3 Å². The molecule has 1 aliphatic rings. The van der Waals surface area contributed by atoms with Crippen molar-refractivity contribution in [2.75, 3.05) is 5.32 Å². The predicted molar refractivity (Wildman–Crippen MR) is 81.0 cm³/mol. The van der Waals surface area contributed by atoms with Gasteiger partial charge in [-0.3, -0.25) is 4.79 Å². The van der Waals surface area contributed by atoms with E-state index in [0.717, 1.165) is 5.56 Å². The van der Waals surface area contributed by atoms with Gasteiger partial charge >= 0.3 is 0 Å². The zero-order valence-corrected chi connectivity index (χ0v) is 12.2. The molecule has 21 heavy (non-hydrogen) atoms. The molecule has 0 radical (unpaired) electrons. The maximum Gasteiger partial charge on any atom is 0.228 e. The zero-order valence-electron chi connectivity index (χ0n) is 11.4. The standard InChI is InChI=1S/C16H14ClFN2O/c1-8-3-2-4-10(15(8)18)16(19)11-5-9-6-14(21)20-13(9)7-12(11)17/h2-5,7,16H,6,19H2,1H3,(H,20,21). The molecule has 3 N–H and O–H groups in total. The van der Waals surface area contributed by atoms with Crippen molar-refractivity contribution in [2.45, 2.75) is 19.4 Å². The average molecular weight is 305 g/mol. The van der Waals surface area contributed by atoms with E-state index in [1.807, 2.05) is 0 Å². The van der Waals surface area contributed by atoms with Crippen molar-refractivity contribution in [1.82, 2.24) is 0 Å². The topological polar surface area (TPSA) is 55.1 Å². The van der Waals surface area contributed by atoms with Crippen molar-refractivity contribution < 1.29 is 9.18 Å². The van der Waals surface area contributed by atoms with Crippen molar-refractivity contribution in [1.29, 1.82) is 0 Å². The second kappa shape index (κ2) is 5.13. The van der Waals surface area contributed by atoms with E-state index in [0.29, 0.717) is 33.8 Å². The second-order valence-electron chi connectivity index (χ2n) is 5.21. The summed E-state index contributed by atoms with van der Waals surface area (Å²) in [5, 5.41) is 3.15. The Bertz CT molecular complexity index is 745. The monoisotopic (exact) mass is 304 g/mol. The average Bonchev–Trinajstić information content (AvgIpc) is 2.79. The van der Waals surface area contributed by atoms with Crippen molar-refractivity contribution in [3.8, 4) is 0 Å². The molecule has 0 saturated heterocycles. The third-order valence-electron chi connectivity index (χ3n) is 3.74. The summed E-state index contributed by atoms with van der Waals surface area (Å²) in [6, 6.07) is 7.89. The maximum atomic E-state index is 14.2. The summed E-state index contributed by atoms with van der Waals surface area (Å²) >= 11 is 6.24. The Morgan fingerprint density at radius 3 is 2.86 bits per heavy atom. The third kappa shape index (κ3) is 2.41. The molecule has 3 nitrogen and oxygen atoms in total. The molecule has 0 aliphatic carbocycles. The van der Waals surface area contributed by atoms with Crippen molar-refractivity contribution in [2.24, 2.45) is 5.73 Å². The van der Waals surface area contributed by atoms with Crippen LogP contribution in [-0.4, -0.2) is 5.91 Å². The zero-order chi connectivity index (χ0) is 15.1. The lowest BCUT2D eigenvalue weighted by Gasteiger charge is -2.17. The van der Waals surface area contributed by atoms with Gasteiger partial charge < -0.3 is 11.1 Å². The van der Waals surface area contributed by atoms with Crippen LogP contribution in [0.15, 0.2) is 30.3 Å². The van der Waals surface area contributed by atoms with Crippen LogP contribution in [0.3, 0.4) is 0 Å². The molecule has 3 rings (SSSR count). The number of rotatable bonds is 2. The minimum Gasteiger partial charge on any atom is -0.325 e. The maximum absolute atomic E-state index is 14.2. The lowest BCUT2D eigenvalue weighted by molar-refractivity contribution is -0.115. The number of fused-ring (bicyclic) bond motifs is 1. The van der Waals surface area contributed by atoms with Crippen LogP contribution in [0, 0.1) is 12.7 Å². The number of anilines is 1. The summed E-state index contributed by atoms with van der Waals surface area (Å²) in [7, 11) is 0. The normalized spacial score (nSPS) is 14.8. The first-order valence-electron chi connectivity index (χ1n) is 6.60. The third-order valence-corrected chi connectivity index (χ3v) is 4.07. The Labute approximate surface area is 126 Å². The van der Waals surface area contributed by atoms with Gasteiger partial charge in [0.2, 0.25) is 5.91 Å². The Balaban J connectivity index is 2.06. The number of halogens is 2. The molecule has 2 aromatic carbocycles. The quantitative estimate of drug-likeness (QED) is 0.894. The van der Waals surface area contributed by atoms with Gasteiger partial charge in [0.15, 0.2) is 0 Å². The van der Waals surface area contributed by atoms with E-state index in [1.165, 1.54) is 0 Å². The first-order valence-corrected chi connectivity index (χ1v) is 6.98. The van der Waals surface area contributed by atoms with Gasteiger partial charge in [0.05, 0.1) is 12.5 Å². The lowest BCUT2D eigenvalue weighted by Crippen LogP contribution is -2.15. The van der Waals surface area contributed by atoms with Gasteiger partial charge in [0.1, 0.15) is 5.82 Å². The fraction of sp³-hybridized carbons (Fsp3) is 0.188. The van der Waals surface area contributed by atoms with Crippen molar-refractivity contribution in [3.63, 3.8) is 0 Å². The molecular formula is C16H14ClFN2O. The van der Waals surface area contributed by atoms with E-state index in [-0.39, 0.29) is 11.7 Å². The fourth-order valence-corrected chi connectivity index (χ4v) is 2.86. The summed E-state index contributed by atoms with van der Waals surface area (Å²) in [5.41, 5.74) is 9.28. The molecule has 0 saturated carbocycles. The summed E-state index contributed by atoms with van der Waals surface area (Å²) in [6.07, 6.45) is 0.294. The van der Waals surface area contributed by atoms with Gasteiger partial charge in [-0.1, -0.05) is 29.8 Å². The van der Waals surface area contributed by atoms with E-state index in [1.54, 1.807) is 37.3 Å². The van der Waals surface area contributed by atoms with E-state index in [4.69, 9.17) is 17.3 Å². The summed E-state index contributed by atoms with van der Waals surface area (Å²) in [5.74, 6) is -0.399. The second-order valence-corrected chi connectivity index (χ2v) is 5.62. The summed E-state index contributed by atoms with van der Waals surface area (Å²) in [6.45, 7) is 1.69. The van der Waals surface area contributed by atoms with Gasteiger partial charge in [-0.05, 0) is 35.7 Å². The minimum absolute atomic E-state index is 0.0754. The molecule has 1 heterocycles. The molecule has 1 aliphatic heterocycles. The highest BCUT2D eigenvalue weighted by molar-refractivity contribution is 6.32. The number of carbonyl (C=O) groups excluding carboxylic acids is 1. The largest absolute Gasteiger partial charge is 0.325 e. The molecule has 0 spiro atoms. The Morgan fingerprint density at radius 2 is 2.10 bits per heavy atom. The summed E-state index contributed by atoms with van der Waals surface area (Å²) < 4.78 is 14.2. The first-order chi connectivity index (χ1) is 9.97. The highest BCUT2D eigenvalue weighted by Gasteiger charge is 2.23. The van der Waals surface area contributed by atoms with Crippen LogP contribution in [0.5, 0.6) is 0 Å². The number of aryl methyl sites for hydroxylation is 1. The van der Waals surface area contributed by atoms with Crippen LogP contribution in [-0.2, 0) is 11.2 Å². The molecule has 2 aromatic rings. The predicted octanol–water partition coefficient (Wildman–Crippen LogP) is 3.33. The molecular weight excluding hydrogens is 291 g/mol. The number of nitrogens with one attached hydrogen (secondary N) is 1. The lowest BCUT2D eigenvalue weighted by atomic mass is 9.95. The highest BCUT2D eigenvalue weighted by Crippen LogP contribution is 2.35. The van der Waals surface area contributed by atoms with E-state index in [2.05, 4.69) is 5.32 Å². The van der Waals surface area contributed by atoms with E-state index < -0.39 is 6.04 Å². The van der Waals surface area contributed by atoms with Gasteiger partial charge in [-0.2, -0.15) is 0 Å². The highest BCUT2D eigenvalue weighted by atomic mass is 35.5. The molecule has 0 fully saturated rings. The molecule has 1 amide bonds. The van der Waals surface area contributed by atoms with Crippen molar-refractivity contribution >= 4 is 23.2 Å². The van der Waals surface area contributed by atoms with Crippen molar-refractivity contribution in [3.05, 3.63) is 63.4 Å². The molecule has 1 unspecified atom stereocenters. The van der Waals surface area contributed by atoms with Gasteiger partial charge in [-0.15, -0.1) is 0 Å². The molecule has 0 bridgehead atoms. The van der Waals surface area contributed by atoms with Gasteiger partial charge in [-0.25, -0.2) is 4.39 Å². The van der Waals surface area contributed by atoms with Crippen LogP contribution >= 0.6 is 11.6 Å². The molecule has 0 aromatic heterocycles. The Morgan fingerprint density at radius 1 is 1.33 bits per heavy atom. The summed E-state index contributed by atoms with van der Waals surface area (Å²) in [4.78, 5) is 11.4. The van der Waals surface area contributed by atoms with Crippen LogP contribution in [0.2, 0.25) is 5.02 Å². The molecule has 108 valence electrons. The minimum atomic E-state index is -0.668. The smallest absolute Gasteiger partial charge is 0.228 e. The number of hydrogen-bond acceptors (Lipinski definition) is 2. The fourth-order valence-electron chi connectivity index (χ4n) is 2.58. The number of carbonyl (C=O) groups is 1. The van der Waals surface area contributed by atoms with Crippen LogP contribution < -0.4 is 11.1 Å². The Kier molecular flexibility index (Phi) is 3.43. The van der Waals surface area contributed by atoms with E-state index >= 15 is 0 Å². The SMILES string of the molecule is Cc1cccc(C(N)c2cc3c(cc2Cl)NC(=O)C3)c1F. The number of hydrogen-bond donors (Lipinski definition) is 2. The van der Waals surface area contributed by atoms with Crippen LogP contribution in [0.25, 0.3) is 0 Å². The molecule has 1 atom stereocenters. The van der Waals surface area contributed by atoms with Gasteiger partial charge in [0.25, 0.3) is 0 Å². The van der Waals surface area contributed by atoms with Crippen LogP contribution in [0.4, 0.5) is 10.1 Å². The number of nitrogens with two attached hydrogens (primary N) is 1.